The summed E-state index contributed by atoms with van der Waals surface area (Å²) in [6, 6.07) is 1.60. The SMILES string of the molecule is CSC1(CNC2CCCC2C2CCCN2)CCCCC1. The van der Waals surface area contributed by atoms with Gasteiger partial charge < -0.3 is 10.6 Å². The zero-order valence-electron chi connectivity index (χ0n) is 13.1. The molecule has 2 N–H and O–H groups in total. The van der Waals surface area contributed by atoms with Crippen molar-refractivity contribution in [2.75, 3.05) is 19.3 Å². The second-order valence-corrected chi connectivity index (χ2v) is 8.51. The van der Waals surface area contributed by atoms with E-state index >= 15 is 0 Å². The number of nitrogens with one attached hydrogen (secondary N) is 2. The standard InChI is InChI=1S/C17H32N2S/c1-20-17(10-3-2-4-11-17)13-19-16-8-5-7-14(16)15-9-6-12-18-15/h14-16,18-19H,2-13H2,1H3. The molecule has 3 heteroatoms. The minimum Gasteiger partial charge on any atom is -0.314 e. The van der Waals surface area contributed by atoms with Crippen LogP contribution in [0.1, 0.15) is 64.2 Å². The van der Waals surface area contributed by atoms with Gasteiger partial charge in [-0.2, -0.15) is 11.8 Å². The molecule has 3 atom stereocenters. The van der Waals surface area contributed by atoms with E-state index in [0.29, 0.717) is 4.75 Å². The number of hydrogen-bond donors (Lipinski definition) is 2. The van der Waals surface area contributed by atoms with Crippen LogP contribution in [0.5, 0.6) is 0 Å². The molecule has 0 amide bonds. The Morgan fingerprint density at radius 1 is 1.05 bits per heavy atom. The van der Waals surface area contributed by atoms with Gasteiger partial charge in [0.1, 0.15) is 0 Å². The zero-order valence-corrected chi connectivity index (χ0v) is 13.9. The van der Waals surface area contributed by atoms with Crippen molar-refractivity contribution < 1.29 is 0 Å². The van der Waals surface area contributed by atoms with Gasteiger partial charge in [0.05, 0.1) is 0 Å². The Morgan fingerprint density at radius 2 is 1.90 bits per heavy atom. The average Bonchev–Trinajstić information content (AvgIpc) is 3.16. The molecule has 2 saturated carbocycles. The van der Waals surface area contributed by atoms with Crippen LogP contribution in [0.3, 0.4) is 0 Å². The minimum atomic E-state index is 0.550. The van der Waals surface area contributed by atoms with E-state index in [9.17, 15) is 0 Å². The van der Waals surface area contributed by atoms with Crippen LogP contribution in [-0.2, 0) is 0 Å². The first-order chi connectivity index (χ1) is 9.83. The van der Waals surface area contributed by atoms with Gasteiger partial charge in [0.2, 0.25) is 0 Å². The van der Waals surface area contributed by atoms with E-state index in [1.54, 1.807) is 0 Å². The number of thioether (sulfide) groups is 1. The molecule has 0 spiro atoms. The molecule has 1 saturated heterocycles. The summed E-state index contributed by atoms with van der Waals surface area (Å²) in [6.45, 7) is 2.50. The van der Waals surface area contributed by atoms with Crippen molar-refractivity contribution in [3.63, 3.8) is 0 Å². The highest BCUT2D eigenvalue weighted by atomic mass is 32.2. The average molecular weight is 297 g/mol. The smallest absolute Gasteiger partial charge is 0.0281 e. The molecule has 3 aliphatic rings. The fraction of sp³-hybridized carbons (Fsp3) is 1.00. The summed E-state index contributed by atoms with van der Waals surface area (Å²) in [5, 5.41) is 7.75. The van der Waals surface area contributed by atoms with Crippen molar-refractivity contribution in [3.05, 3.63) is 0 Å². The van der Waals surface area contributed by atoms with Crippen LogP contribution in [0.15, 0.2) is 0 Å². The van der Waals surface area contributed by atoms with Gasteiger partial charge in [-0.1, -0.05) is 25.7 Å². The van der Waals surface area contributed by atoms with Crippen LogP contribution in [0, 0.1) is 5.92 Å². The monoisotopic (exact) mass is 296 g/mol. The lowest BCUT2D eigenvalue weighted by molar-refractivity contribution is 0.295. The highest BCUT2D eigenvalue weighted by molar-refractivity contribution is 8.00. The predicted molar refractivity (Wildman–Crippen MR) is 89.5 cm³/mol. The van der Waals surface area contributed by atoms with Crippen LogP contribution in [0.4, 0.5) is 0 Å². The van der Waals surface area contributed by atoms with E-state index < -0.39 is 0 Å². The largest absolute Gasteiger partial charge is 0.314 e. The Labute approximate surface area is 129 Å². The van der Waals surface area contributed by atoms with Crippen molar-refractivity contribution in [2.24, 2.45) is 5.92 Å². The molecule has 3 unspecified atom stereocenters. The van der Waals surface area contributed by atoms with E-state index in [4.69, 9.17) is 0 Å². The lowest BCUT2D eigenvalue weighted by Crippen LogP contribution is -2.48. The fourth-order valence-corrected chi connectivity index (χ4v) is 5.69. The van der Waals surface area contributed by atoms with E-state index in [0.717, 1.165) is 18.0 Å². The first-order valence-corrected chi connectivity index (χ1v) is 10.1. The molecule has 1 heterocycles. The lowest BCUT2D eigenvalue weighted by Gasteiger charge is -2.38. The molecular weight excluding hydrogens is 264 g/mol. The van der Waals surface area contributed by atoms with E-state index in [1.807, 2.05) is 0 Å². The molecule has 116 valence electrons. The molecule has 0 aromatic carbocycles. The predicted octanol–water partition coefficient (Wildman–Crippen LogP) is 3.56. The summed E-state index contributed by atoms with van der Waals surface area (Å²) in [5.41, 5.74) is 0. The van der Waals surface area contributed by atoms with E-state index in [2.05, 4.69) is 28.7 Å². The summed E-state index contributed by atoms with van der Waals surface area (Å²) < 4.78 is 0.550. The third-order valence-electron chi connectivity index (χ3n) is 6.07. The van der Waals surface area contributed by atoms with Gasteiger partial charge >= 0.3 is 0 Å². The Hall–Kier alpha value is 0.270. The molecular formula is C17H32N2S. The Kier molecular flexibility index (Phi) is 5.33. The topological polar surface area (TPSA) is 24.1 Å². The molecule has 0 aromatic rings. The molecule has 0 bridgehead atoms. The maximum atomic E-state index is 4.01. The highest BCUT2D eigenvalue weighted by Gasteiger charge is 2.37. The Balaban J connectivity index is 1.53. The van der Waals surface area contributed by atoms with Crippen molar-refractivity contribution in [3.8, 4) is 0 Å². The Morgan fingerprint density at radius 3 is 2.60 bits per heavy atom. The summed E-state index contributed by atoms with van der Waals surface area (Å²) in [7, 11) is 0. The second-order valence-electron chi connectivity index (χ2n) is 7.23. The molecule has 2 nitrogen and oxygen atoms in total. The number of rotatable bonds is 5. The molecule has 0 aromatic heterocycles. The summed E-state index contributed by atoms with van der Waals surface area (Å²) in [6.07, 6.45) is 16.6. The summed E-state index contributed by atoms with van der Waals surface area (Å²) >= 11 is 2.13. The van der Waals surface area contributed by atoms with Crippen LogP contribution < -0.4 is 10.6 Å². The van der Waals surface area contributed by atoms with Crippen molar-refractivity contribution in [1.29, 1.82) is 0 Å². The quantitative estimate of drug-likeness (QED) is 0.811. The number of hydrogen-bond acceptors (Lipinski definition) is 3. The minimum absolute atomic E-state index is 0.550. The first-order valence-electron chi connectivity index (χ1n) is 8.85. The van der Waals surface area contributed by atoms with Crippen LogP contribution in [0.25, 0.3) is 0 Å². The highest BCUT2D eigenvalue weighted by Crippen LogP contribution is 2.39. The molecule has 0 radical (unpaired) electrons. The van der Waals surface area contributed by atoms with E-state index in [1.165, 1.54) is 77.3 Å². The van der Waals surface area contributed by atoms with Gasteiger partial charge in [-0.25, -0.2) is 0 Å². The molecule has 1 aliphatic heterocycles. The summed E-state index contributed by atoms with van der Waals surface area (Å²) in [5.74, 6) is 0.903. The first kappa shape index (κ1) is 15.2. The fourth-order valence-electron chi connectivity index (χ4n) is 4.77. The second kappa shape index (κ2) is 7.02. The van der Waals surface area contributed by atoms with Gasteiger partial charge in [0.25, 0.3) is 0 Å². The van der Waals surface area contributed by atoms with Crippen molar-refractivity contribution >= 4 is 11.8 Å². The van der Waals surface area contributed by atoms with Gasteiger partial charge in [-0.15, -0.1) is 0 Å². The van der Waals surface area contributed by atoms with Crippen molar-refractivity contribution in [2.45, 2.75) is 81.0 Å². The van der Waals surface area contributed by atoms with Gasteiger partial charge in [0.15, 0.2) is 0 Å². The normalized spacial score (nSPS) is 37.4. The third-order valence-corrected chi connectivity index (χ3v) is 7.49. The van der Waals surface area contributed by atoms with Gasteiger partial charge in [-0.3, -0.25) is 0 Å². The zero-order chi connectivity index (χ0) is 13.8. The lowest BCUT2D eigenvalue weighted by atomic mass is 9.87. The van der Waals surface area contributed by atoms with E-state index in [-0.39, 0.29) is 0 Å². The molecule has 3 fully saturated rings. The summed E-state index contributed by atoms with van der Waals surface area (Å²) in [4.78, 5) is 0. The maximum absolute atomic E-state index is 4.01. The van der Waals surface area contributed by atoms with Crippen LogP contribution in [-0.4, -0.2) is 36.2 Å². The molecule has 3 rings (SSSR count). The molecule has 2 aliphatic carbocycles. The molecule has 20 heavy (non-hydrogen) atoms. The van der Waals surface area contributed by atoms with Crippen molar-refractivity contribution in [1.82, 2.24) is 10.6 Å². The Bertz CT molecular complexity index is 295. The van der Waals surface area contributed by atoms with Crippen LogP contribution >= 0.6 is 11.8 Å². The van der Waals surface area contributed by atoms with Gasteiger partial charge in [-0.05, 0) is 57.2 Å². The maximum Gasteiger partial charge on any atom is 0.0281 e. The third kappa shape index (κ3) is 3.36. The van der Waals surface area contributed by atoms with Crippen LogP contribution in [0.2, 0.25) is 0 Å². The van der Waals surface area contributed by atoms with Gasteiger partial charge in [0, 0.05) is 23.4 Å².